The first-order valence-corrected chi connectivity index (χ1v) is 44.0. The van der Waals surface area contributed by atoms with E-state index in [9.17, 15) is 0 Å². The van der Waals surface area contributed by atoms with Gasteiger partial charge in [-0.3, -0.25) is 0 Å². The zero-order valence-corrected chi connectivity index (χ0v) is 88.0. The van der Waals surface area contributed by atoms with Crippen LogP contribution in [0.25, 0.3) is 0 Å². The molecule has 0 saturated heterocycles. The maximum atomic E-state index is 2.00. The minimum absolute atomic E-state index is 2.00. The third kappa shape index (κ3) is 0. The van der Waals surface area contributed by atoms with Crippen LogP contribution in [0.15, 0.2) is 0 Å². The molecule has 0 nitrogen and oxygen atoms in total. The Labute approximate surface area is 606 Å². The van der Waals surface area contributed by atoms with Crippen molar-refractivity contribution in [1.82, 2.24) is 0 Å². The smallest absolute Gasteiger partial charge is 0.0683 e. The Morgan fingerprint density at radius 2 is 0.0227 bits per heavy atom. The summed E-state index contributed by atoms with van der Waals surface area (Å²) in [7, 11) is 0. The minimum Gasteiger partial charge on any atom is -0.0683 e. The van der Waals surface area contributed by atoms with E-state index in [-0.39, 0.29) is 0 Å². The second-order valence-electron chi connectivity index (χ2n) is 0. The molecule has 0 aromatic rings. The number of hydrogen-bond donors (Lipinski definition) is 0. The van der Waals surface area contributed by atoms with Crippen molar-refractivity contribution < 1.29 is 0 Å². The fraction of sp³-hybridized carbons (Fsp3) is 1.00. The Morgan fingerprint density at radius 3 is 0.0227 bits per heavy atom. The normalized spacial score (nSPS) is 3.00. The van der Waals surface area contributed by atoms with Gasteiger partial charge in [-0.05, 0) is 0 Å². The van der Waals surface area contributed by atoms with Gasteiger partial charge in [-0.2, -0.15) is 0 Å². The van der Waals surface area contributed by atoms with Crippen molar-refractivity contribution in [3.63, 3.8) is 0 Å². The lowest BCUT2D eigenvalue weighted by atomic mass is 11.0. The molecule has 0 aromatic carbocycles. The van der Waals surface area contributed by atoms with E-state index in [1.807, 2.05) is 609 Å². The molecule has 0 fully saturated rings. The molecule has 0 rings (SSSR count). The average Bonchev–Trinajstić information content (AvgIpc) is 3.78. The van der Waals surface area contributed by atoms with Crippen LogP contribution >= 0.6 is 0 Å². The van der Waals surface area contributed by atoms with Crippen LogP contribution in [0.4, 0.5) is 0 Å². The van der Waals surface area contributed by atoms with Crippen LogP contribution in [0.3, 0.4) is 0 Å². The van der Waals surface area contributed by atoms with Crippen molar-refractivity contribution in [3.05, 3.63) is 0 Å². The molecular formula is C88H264. The zero-order chi connectivity index (χ0) is 88.0. The highest BCUT2D eigenvalue weighted by Crippen LogP contribution is 1.23. The largest absolute Gasteiger partial charge is 0.0683 e. The molecule has 0 aromatic heterocycles. The van der Waals surface area contributed by atoms with Gasteiger partial charge in [0, 0.05) is 0 Å². The standard InChI is InChI=1S/44C2H6/c44*1-2/h44*1-2H3. The summed E-state index contributed by atoms with van der Waals surface area (Å²) >= 11 is 0. The molecule has 0 saturated carbocycles. The zero-order valence-electron chi connectivity index (χ0n) is 88.0. The van der Waals surface area contributed by atoms with Crippen LogP contribution in [-0.2, 0) is 0 Å². The van der Waals surface area contributed by atoms with Gasteiger partial charge in [0.15, 0.2) is 0 Å². The van der Waals surface area contributed by atoms with Gasteiger partial charge in [0.05, 0.1) is 0 Å². The summed E-state index contributed by atoms with van der Waals surface area (Å²) in [5, 5.41) is 0. The van der Waals surface area contributed by atoms with Crippen LogP contribution in [0.1, 0.15) is 609 Å². The maximum absolute atomic E-state index is 2.00. The van der Waals surface area contributed by atoms with Crippen LogP contribution < -0.4 is 0 Å². The quantitative estimate of drug-likeness (QED) is 0.227. The van der Waals surface area contributed by atoms with Gasteiger partial charge in [-0.1, -0.05) is 609 Å². The van der Waals surface area contributed by atoms with E-state index in [4.69, 9.17) is 0 Å². The van der Waals surface area contributed by atoms with E-state index >= 15 is 0 Å². The van der Waals surface area contributed by atoms with Gasteiger partial charge in [0.25, 0.3) is 0 Å². The van der Waals surface area contributed by atoms with Crippen LogP contribution in [0.5, 0.6) is 0 Å². The second kappa shape index (κ2) is 0. The predicted octanol–water partition coefficient (Wildman–Crippen LogP) is 45.2. The van der Waals surface area contributed by atoms with E-state index in [0.717, 1.165) is 0 Å². The van der Waals surface area contributed by atoms with Crippen molar-refractivity contribution in [2.24, 2.45) is 0 Å². The SMILES string of the molecule is CC.CC.CC.CC.CC.CC.CC.CC.CC.CC.CC.CC.CC.CC.CC.CC.CC.CC.CC.CC.CC.CC.CC.CC.CC.CC.CC.CC.CC.CC.CC.CC.CC.CC.CC.CC.CC.CC.CC.CC.CC.CC.CC.CC. The highest BCUT2D eigenvalue weighted by molar-refractivity contribution is 3.59. The second-order valence-corrected chi connectivity index (χ2v) is 0. The summed E-state index contributed by atoms with van der Waals surface area (Å²) in [5.74, 6) is 0. The number of hydrogen-bond acceptors (Lipinski definition) is 0. The van der Waals surface area contributed by atoms with E-state index in [0.29, 0.717) is 0 Å². The summed E-state index contributed by atoms with van der Waals surface area (Å²) in [6, 6.07) is 0. The highest BCUT2D eigenvalue weighted by atomic mass is 13.1. The first kappa shape index (κ1) is 344. The summed E-state index contributed by atoms with van der Waals surface area (Å²) in [4.78, 5) is 0. The minimum atomic E-state index is 2.00. The summed E-state index contributed by atoms with van der Waals surface area (Å²) in [6.45, 7) is 176. The van der Waals surface area contributed by atoms with Gasteiger partial charge in [-0.25, -0.2) is 0 Å². The lowest BCUT2D eigenvalue weighted by molar-refractivity contribution is 1.50. The topological polar surface area (TPSA) is 0 Å². The molecule has 0 unspecified atom stereocenters. The molecule has 616 valence electrons. The average molecular weight is 1320 g/mol. The lowest BCUT2D eigenvalue weighted by Gasteiger charge is -1.07. The maximum Gasteiger partial charge on any atom is -0.0683 e. The molecule has 0 aliphatic carbocycles. The Morgan fingerprint density at radius 1 is 0.0227 bits per heavy atom. The fourth-order valence-corrected chi connectivity index (χ4v) is 0. The summed E-state index contributed by atoms with van der Waals surface area (Å²) in [5.41, 5.74) is 0. The molecule has 0 spiro atoms. The predicted molar refractivity (Wildman–Crippen MR) is 499 cm³/mol. The molecule has 0 aliphatic heterocycles. The monoisotopic (exact) mass is 1320 g/mol. The summed E-state index contributed by atoms with van der Waals surface area (Å²) < 4.78 is 0. The molecule has 88 heavy (non-hydrogen) atoms. The third-order valence-electron chi connectivity index (χ3n) is 0. The Bertz CT molecular complexity index is 0. The van der Waals surface area contributed by atoms with E-state index < -0.39 is 0 Å². The molecule has 0 aliphatic rings. The van der Waals surface area contributed by atoms with E-state index in [2.05, 4.69) is 0 Å². The van der Waals surface area contributed by atoms with Crippen molar-refractivity contribution in [2.45, 2.75) is 609 Å². The first-order chi connectivity index (χ1) is 44.0. The van der Waals surface area contributed by atoms with Crippen LogP contribution in [0.2, 0.25) is 0 Å². The van der Waals surface area contributed by atoms with Crippen molar-refractivity contribution in [1.29, 1.82) is 0 Å². The third-order valence-corrected chi connectivity index (χ3v) is 0. The molecule has 0 radical (unpaired) electrons. The molecule has 0 N–H and O–H groups in total. The van der Waals surface area contributed by atoms with Crippen LogP contribution in [-0.4, -0.2) is 0 Å². The van der Waals surface area contributed by atoms with Crippen molar-refractivity contribution in [2.75, 3.05) is 0 Å². The summed E-state index contributed by atoms with van der Waals surface area (Å²) in [6.07, 6.45) is 0. The highest BCUT2D eigenvalue weighted by Gasteiger charge is 1.02. The van der Waals surface area contributed by atoms with Gasteiger partial charge in [-0.15, -0.1) is 0 Å². The molecule has 0 heteroatoms. The number of rotatable bonds is 0. The van der Waals surface area contributed by atoms with Gasteiger partial charge < -0.3 is 0 Å². The Hall–Kier alpha value is 0. The molecule has 0 amide bonds. The van der Waals surface area contributed by atoms with E-state index in [1.165, 1.54) is 0 Å². The Kier molecular flexibility index (Phi) is 0. The first-order valence-electron chi connectivity index (χ1n) is 44.0. The molecule has 0 atom stereocenters. The lowest BCUT2D eigenvalue weighted by Crippen LogP contribution is -0.856. The van der Waals surface area contributed by atoms with Crippen molar-refractivity contribution >= 4 is 0 Å². The van der Waals surface area contributed by atoms with Gasteiger partial charge in [0.1, 0.15) is 0 Å². The Balaban J connectivity index is -0.00000000536. The molecule has 0 heterocycles. The van der Waals surface area contributed by atoms with Crippen molar-refractivity contribution in [3.8, 4) is 0 Å². The van der Waals surface area contributed by atoms with Crippen LogP contribution in [0, 0.1) is 0 Å². The van der Waals surface area contributed by atoms with Gasteiger partial charge in [0.2, 0.25) is 0 Å². The molecular weight excluding hydrogens is 1060 g/mol. The molecule has 0 bridgehead atoms. The fourth-order valence-electron chi connectivity index (χ4n) is 0. The van der Waals surface area contributed by atoms with E-state index in [1.54, 1.807) is 0 Å². The van der Waals surface area contributed by atoms with Gasteiger partial charge >= 0.3 is 0 Å².